The molecule has 1 fully saturated rings. The number of amides is 1. The summed E-state index contributed by atoms with van der Waals surface area (Å²) in [6, 6.07) is 5.75. The van der Waals surface area contributed by atoms with Crippen molar-refractivity contribution in [3.63, 3.8) is 0 Å². The van der Waals surface area contributed by atoms with E-state index >= 15 is 0 Å². The van der Waals surface area contributed by atoms with Crippen molar-refractivity contribution in [3.8, 4) is 5.82 Å². The van der Waals surface area contributed by atoms with Crippen molar-refractivity contribution in [1.82, 2.24) is 25.1 Å². The first-order valence-corrected chi connectivity index (χ1v) is 11.8. The Kier molecular flexibility index (Phi) is 5.52. The second-order valence-corrected chi connectivity index (χ2v) is 9.94. The highest BCUT2D eigenvalue weighted by Gasteiger charge is 2.31. The molecule has 162 valence electrons. The number of pyridine rings is 1. The first-order chi connectivity index (χ1) is 14.6. The monoisotopic (exact) mass is 463 g/mol. The molecular weight excluding hydrogens is 445 g/mol. The Hall–Kier alpha value is -2.85. The molecule has 0 radical (unpaired) electrons. The van der Waals surface area contributed by atoms with Gasteiger partial charge in [-0.25, -0.2) is 22.8 Å². The van der Waals surface area contributed by atoms with E-state index in [1.165, 1.54) is 6.20 Å². The van der Waals surface area contributed by atoms with Crippen molar-refractivity contribution >= 4 is 27.3 Å². The number of hydrogen-bond acceptors (Lipinski definition) is 6. The van der Waals surface area contributed by atoms with Crippen LogP contribution in [0.5, 0.6) is 0 Å². The van der Waals surface area contributed by atoms with Crippen LogP contribution >= 0.6 is 11.6 Å². The van der Waals surface area contributed by atoms with Crippen LogP contribution in [0.1, 0.15) is 53.7 Å². The van der Waals surface area contributed by atoms with Gasteiger partial charge in [-0.1, -0.05) is 11.6 Å². The number of sulfone groups is 1. The summed E-state index contributed by atoms with van der Waals surface area (Å²) < 4.78 is 39.0. The minimum Gasteiger partial charge on any atom is -0.342 e. The van der Waals surface area contributed by atoms with E-state index in [9.17, 15) is 17.6 Å². The molecule has 0 saturated heterocycles. The lowest BCUT2D eigenvalue weighted by Crippen LogP contribution is -2.29. The molecule has 0 spiro atoms. The number of carbonyl (C=O) groups is 1. The number of rotatable bonds is 6. The van der Waals surface area contributed by atoms with Crippen molar-refractivity contribution in [2.45, 2.75) is 36.6 Å². The molecule has 2 aromatic heterocycles. The Morgan fingerprint density at radius 2 is 2.03 bits per heavy atom. The number of carbonyl (C=O) groups excluding carboxylic acids is 1. The number of halogens is 2. The highest BCUT2D eigenvalue weighted by Crippen LogP contribution is 2.38. The van der Waals surface area contributed by atoms with Gasteiger partial charge in [-0.15, -0.1) is 5.10 Å². The van der Waals surface area contributed by atoms with Gasteiger partial charge in [0.05, 0.1) is 16.0 Å². The summed E-state index contributed by atoms with van der Waals surface area (Å²) in [4.78, 5) is 21.3. The van der Waals surface area contributed by atoms with Gasteiger partial charge in [-0.3, -0.25) is 4.79 Å². The highest BCUT2D eigenvalue weighted by atomic mass is 35.5. The Morgan fingerprint density at radius 1 is 1.29 bits per heavy atom. The van der Waals surface area contributed by atoms with Crippen LogP contribution in [0.15, 0.2) is 41.4 Å². The van der Waals surface area contributed by atoms with Crippen LogP contribution in [0.3, 0.4) is 0 Å². The van der Waals surface area contributed by atoms with Gasteiger partial charge in [-0.2, -0.15) is 4.68 Å². The molecular formula is C20H19ClFN5O3S. The molecule has 1 aromatic carbocycles. The maximum Gasteiger partial charge on any atom is 0.252 e. The van der Waals surface area contributed by atoms with Crippen molar-refractivity contribution in [2.75, 3.05) is 6.26 Å². The van der Waals surface area contributed by atoms with Crippen molar-refractivity contribution in [3.05, 3.63) is 64.6 Å². The van der Waals surface area contributed by atoms with Crippen LogP contribution < -0.4 is 5.32 Å². The molecule has 1 aliphatic carbocycles. The Morgan fingerprint density at radius 3 is 2.65 bits per heavy atom. The number of hydrogen-bond donors (Lipinski definition) is 1. The van der Waals surface area contributed by atoms with E-state index in [1.54, 1.807) is 23.7 Å². The predicted molar refractivity (Wildman–Crippen MR) is 112 cm³/mol. The molecule has 3 aromatic rings. The maximum atomic E-state index is 13.9. The van der Waals surface area contributed by atoms with Crippen LogP contribution in [-0.4, -0.2) is 40.3 Å². The molecule has 11 heteroatoms. The first-order valence-electron chi connectivity index (χ1n) is 9.52. The lowest BCUT2D eigenvalue weighted by Gasteiger charge is -2.15. The summed E-state index contributed by atoms with van der Waals surface area (Å²) in [6.45, 7) is 1.71. The third-order valence-electron chi connectivity index (χ3n) is 4.82. The number of benzene rings is 1. The smallest absolute Gasteiger partial charge is 0.252 e. The van der Waals surface area contributed by atoms with Gasteiger partial charge in [0.2, 0.25) is 0 Å². The number of nitrogens with zero attached hydrogens (tertiary/aromatic N) is 4. The molecule has 1 aliphatic rings. The summed E-state index contributed by atoms with van der Waals surface area (Å²) in [6.07, 6.45) is 4.43. The molecule has 1 amide bonds. The largest absolute Gasteiger partial charge is 0.342 e. The van der Waals surface area contributed by atoms with Gasteiger partial charge >= 0.3 is 0 Å². The van der Waals surface area contributed by atoms with E-state index in [4.69, 9.17) is 11.6 Å². The van der Waals surface area contributed by atoms with Gasteiger partial charge in [0, 0.05) is 23.9 Å². The summed E-state index contributed by atoms with van der Waals surface area (Å²) in [5.74, 6) is 0.428. The summed E-state index contributed by atoms with van der Waals surface area (Å²) >= 11 is 5.92. The van der Waals surface area contributed by atoms with E-state index in [0.717, 1.165) is 37.3 Å². The molecule has 0 bridgehead atoms. The second-order valence-electron chi connectivity index (χ2n) is 7.49. The van der Waals surface area contributed by atoms with Gasteiger partial charge in [0.25, 0.3) is 5.91 Å². The molecule has 1 atom stereocenters. The summed E-state index contributed by atoms with van der Waals surface area (Å²) in [7, 11) is -3.67. The predicted octanol–water partition coefficient (Wildman–Crippen LogP) is 3.23. The molecule has 8 nitrogen and oxygen atoms in total. The zero-order valence-electron chi connectivity index (χ0n) is 16.7. The van der Waals surface area contributed by atoms with Crippen LogP contribution in [0.4, 0.5) is 4.39 Å². The topological polar surface area (TPSA) is 107 Å². The molecule has 0 unspecified atom stereocenters. The van der Waals surface area contributed by atoms with Crippen LogP contribution in [-0.2, 0) is 9.84 Å². The first kappa shape index (κ1) is 21.4. The fourth-order valence-corrected chi connectivity index (χ4v) is 3.83. The fraction of sp³-hybridized carbons (Fsp3) is 0.300. The van der Waals surface area contributed by atoms with Crippen LogP contribution in [0, 0.1) is 5.82 Å². The summed E-state index contributed by atoms with van der Waals surface area (Å²) in [5.41, 5.74) is -0.106. The van der Waals surface area contributed by atoms with E-state index in [2.05, 4.69) is 20.4 Å². The number of aromatic nitrogens is 4. The average molecular weight is 464 g/mol. The normalized spacial score (nSPS) is 15.0. The fourth-order valence-electron chi connectivity index (χ4n) is 3.05. The molecule has 2 heterocycles. The van der Waals surface area contributed by atoms with Gasteiger partial charge in [-0.05, 0) is 50.1 Å². The third-order valence-corrected chi connectivity index (χ3v) is 6.13. The van der Waals surface area contributed by atoms with Crippen LogP contribution in [0.25, 0.3) is 5.82 Å². The molecule has 1 saturated carbocycles. The molecule has 0 aliphatic heterocycles. The van der Waals surface area contributed by atoms with E-state index in [1.807, 2.05) is 0 Å². The van der Waals surface area contributed by atoms with Gasteiger partial charge < -0.3 is 5.32 Å². The number of nitrogens with one attached hydrogen (secondary N) is 1. The van der Waals surface area contributed by atoms with Crippen molar-refractivity contribution < 1.29 is 17.6 Å². The van der Waals surface area contributed by atoms with Crippen LogP contribution in [0.2, 0.25) is 5.02 Å². The van der Waals surface area contributed by atoms with Crippen molar-refractivity contribution in [1.29, 1.82) is 0 Å². The van der Waals surface area contributed by atoms with E-state index in [0.29, 0.717) is 22.5 Å². The van der Waals surface area contributed by atoms with Gasteiger partial charge in [0.15, 0.2) is 27.3 Å². The standard InChI is InChI=1S/C20H19ClFN5O3S/c1-11(24-20(28)13-7-15(22)9-16(8-13)31(2,29)30)19-25-18(12-3-4-12)26-27(19)17-6-5-14(21)10-23-17/h5-12H,3-4H2,1-2H3,(H,24,28)/t11-/m0/s1. The zero-order valence-corrected chi connectivity index (χ0v) is 18.3. The second kappa shape index (κ2) is 8.01. The Labute approximate surface area is 183 Å². The molecule has 1 N–H and O–H groups in total. The maximum absolute atomic E-state index is 13.9. The van der Waals surface area contributed by atoms with Gasteiger partial charge in [0.1, 0.15) is 5.82 Å². The molecule has 4 rings (SSSR count). The highest BCUT2D eigenvalue weighted by molar-refractivity contribution is 7.90. The minimum atomic E-state index is -3.67. The lowest BCUT2D eigenvalue weighted by molar-refractivity contribution is 0.0937. The Balaban J connectivity index is 1.64. The third kappa shape index (κ3) is 4.75. The molecule has 31 heavy (non-hydrogen) atoms. The average Bonchev–Trinajstić information content (AvgIpc) is 3.46. The van der Waals surface area contributed by atoms with E-state index in [-0.39, 0.29) is 16.4 Å². The SMILES string of the molecule is C[C@H](NC(=O)c1cc(F)cc(S(C)(=O)=O)c1)c1nc(C2CC2)nn1-c1ccc(Cl)cn1. The summed E-state index contributed by atoms with van der Waals surface area (Å²) in [5, 5.41) is 7.75. The quantitative estimate of drug-likeness (QED) is 0.601. The minimum absolute atomic E-state index is 0.106. The Bertz CT molecular complexity index is 1260. The lowest BCUT2D eigenvalue weighted by atomic mass is 10.2. The van der Waals surface area contributed by atoms with Crippen molar-refractivity contribution in [2.24, 2.45) is 0 Å². The zero-order chi connectivity index (χ0) is 22.3. The van der Waals surface area contributed by atoms with E-state index < -0.39 is 27.6 Å².